The van der Waals surface area contributed by atoms with Crippen LogP contribution in [0.25, 0.3) is 0 Å². The molecule has 4 nitrogen and oxygen atoms in total. The van der Waals surface area contributed by atoms with Crippen LogP contribution in [-0.4, -0.2) is 46.8 Å². The molecule has 1 aromatic heterocycles. The highest BCUT2D eigenvalue weighted by Gasteiger charge is 2.30. The number of rotatable bonds is 7. The van der Waals surface area contributed by atoms with Gasteiger partial charge in [0, 0.05) is 6.54 Å². The molecule has 0 aliphatic carbocycles. The zero-order chi connectivity index (χ0) is 15.1. The van der Waals surface area contributed by atoms with E-state index in [4.69, 9.17) is 4.74 Å². The van der Waals surface area contributed by atoms with Crippen LogP contribution < -0.4 is 4.74 Å². The molecule has 5 heteroatoms. The average molecular weight is 295 g/mol. The van der Waals surface area contributed by atoms with Gasteiger partial charge in [-0.25, -0.2) is 14.4 Å². The van der Waals surface area contributed by atoms with Gasteiger partial charge in [0.15, 0.2) is 5.75 Å². The van der Waals surface area contributed by atoms with Gasteiger partial charge in [-0.2, -0.15) is 0 Å². The van der Waals surface area contributed by atoms with Crippen LogP contribution in [0.5, 0.6) is 5.75 Å². The molecule has 0 unspecified atom stereocenters. The SMILES string of the molecule is CCC(F)(CC)CN1CCC(COc2cncnc2)CC1. The number of hydrogen-bond acceptors (Lipinski definition) is 4. The molecule has 1 aliphatic rings. The van der Waals surface area contributed by atoms with E-state index in [2.05, 4.69) is 14.9 Å². The quantitative estimate of drug-likeness (QED) is 0.775. The summed E-state index contributed by atoms with van der Waals surface area (Å²) in [6.45, 7) is 7.07. The highest BCUT2D eigenvalue weighted by atomic mass is 19.1. The maximum Gasteiger partial charge on any atom is 0.155 e. The fourth-order valence-corrected chi connectivity index (χ4v) is 2.76. The molecule has 0 atom stereocenters. The van der Waals surface area contributed by atoms with E-state index >= 15 is 0 Å². The first-order chi connectivity index (χ1) is 10.1. The number of hydrogen-bond donors (Lipinski definition) is 0. The van der Waals surface area contributed by atoms with Crippen LogP contribution in [0.2, 0.25) is 0 Å². The van der Waals surface area contributed by atoms with E-state index in [0.717, 1.165) is 31.7 Å². The Kier molecular flexibility index (Phi) is 5.91. The highest BCUT2D eigenvalue weighted by molar-refractivity contribution is 5.09. The molecule has 0 spiro atoms. The van der Waals surface area contributed by atoms with E-state index in [-0.39, 0.29) is 0 Å². The van der Waals surface area contributed by atoms with Crippen molar-refractivity contribution in [3.05, 3.63) is 18.7 Å². The van der Waals surface area contributed by atoms with Gasteiger partial charge in [-0.15, -0.1) is 0 Å². The lowest BCUT2D eigenvalue weighted by Gasteiger charge is -2.36. The van der Waals surface area contributed by atoms with E-state index in [1.165, 1.54) is 6.33 Å². The molecule has 0 radical (unpaired) electrons. The van der Waals surface area contributed by atoms with Gasteiger partial charge >= 0.3 is 0 Å². The van der Waals surface area contributed by atoms with Crippen LogP contribution in [0.1, 0.15) is 39.5 Å². The summed E-state index contributed by atoms with van der Waals surface area (Å²) in [6, 6.07) is 0. The first-order valence-corrected chi connectivity index (χ1v) is 7.94. The fraction of sp³-hybridized carbons (Fsp3) is 0.750. The topological polar surface area (TPSA) is 38.2 Å². The van der Waals surface area contributed by atoms with Crippen molar-refractivity contribution in [3.63, 3.8) is 0 Å². The van der Waals surface area contributed by atoms with Crippen molar-refractivity contribution >= 4 is 0 Å². The molecule has 21 heavy (non-hydrogen) atoms. The van der Waals surface area contributed by atoms with Crippen LogP contribution in [0.15, 0.2) is 18.7 Å². The Hall–Kier alpha value is -1.23. The lowest BCUT2D eigenvalue weighted by atomic mass is 9.94. The van der Waals surface area contributed by atoms with Crippen LogP contribution in [0, 0.1) is 5.92 Å². The molecule has 0 amide bonds. The lowest BCUT2D eigenvalue weighted by Crippen LogP contribution is -2.44. The third kappa shape index (κ3) is 4.92. The average Bonchev–Trinajstić information content (AvgIpc) is 2.55. The Bertz CT molecular complexity index is 403. The molecule has 2 rings (SSSR count). The molecular formula is C16H26FN3O. The van der Waals surface area contributed by atoms with E-state index in [1.807, 2.05) is 13.8 Å². The third-order valence-electron chi connectivity index (χ3n) is 4.50. The monoisotopic (exact) mass is 295 g/mol. The second kappa shape index (κ2) is 7.69. The number of halogens is 1. The summed E-state index contributed by atoms with van der Waals surface area (Å²) >= 11 is 0. The van der Waals surface area contributed by atoms with Crippen LogP contribution >= 0.6 is 0 Å². The number of alkyl halides is 1. The summed E-state index contributed by atoms with van der Waals surface area (Å²) in [5, 5.41) is 0. The zero-order valence-electron chi connectivity index (χ0n) is 13.1. The Labute approximate surface area is 126 Å². The zero-order valence-corrected chi connectivity index (χ0v) is 13.1. The van der Waals surface area contributed by atoms with Gasteiger partial charge in [0.05, 0.1) is 19.0 Å². The molecule has 0 N–H and O–H groups in total. The number of piperidine rings is 1. The van der Waals surface area contributed by atoms with Crippen molar-refractivity contribution in [1.29, 1.82) is 0 Å². The minimum Gasteiger partial charge on any atom is -0.490 e. The minimum absolute atomic E-state index is 0.540. The summed E-state index contributed by atoms with van der Waals surface area (Å²) < 4.78 is 20.1. The second-order valence-electron chi connectivity index (χ2n) is 5.96. The van der Waals surface area contributed by atoms with Gasteiger partial charge in [0.2, 0.25) is 0 Å². The van der Waals surface area contributed by atoms with Crippen molar-refractivity contribution in [2.45, 2.75) is 45.2 Å². The molecule has 118 valence electrons. The predicted octanol–water partition coefficient (Wildman–Crippen LogP) is 3.10. The maximum atomic E-state index is 14.4. The number of likely N-dealkylation sites (tertiary alicyclic amines) is 1. The van der Waals surface area contributed by atoms with Gasteiger partial charge in [-0.3, -0.25) is 0 Å². The molecule has 1 fully saturated rings. The van der Waals surface area contributed by atoms with E-state index < -0.39 is 5.67 Å². The maximum absolute atomic E-state index is 14.4. The van der Waals surface area contributed by atoms with Crippen molar-refractivity contribution in [2.75, 3.05) is 26.2 Å². The fourth-order valence-electron chi connectivity index (χ4n) is 2.76. The van der Waals surface area contributed by atoms with Gasteiger partial charge in [-0.1, -0.05) is 13.8 Å². The Morgan fingerprint density at radius 1 is 1.24 bits per heavy atom. The largest absolute Gasteiger partial charge is 0.490 e. The van der Waals surface area contributed by atoms with Gasteiger partial charge < -0.3 is 9.64 Å². The van der Waals surface area contributed by atoms with Gasteiger partial charge in [0.25, 0.3) is 0 Å². The summed E-state index contributed by atoms with van der Waals surface area (Å²) in [7, 11) is 0. The highest BCUT2D eigenvalue weighted by Crippen LogP contribution is 2.25. The Morgan fingerprint density at radius 2 is 1.86 bits per heavy atom. The molecule has 2 heterocycles. The van der Waals surface area contributed by atoms with Crippen molar-refractivity contribution in [2.24, 2.45) is 5.92 Å². The van der Waals surface area contributed by atoms with Gasteiger partial charge in [-0.05, 0) is 44.7 Å². The second-order valence-corrected chi connectivity index (χ2v) is 5.96. The lowest BCUT2D eigenvalue weighted by molar-refractivity contribution is 0.0568. The Balaban J connectivity index is 1.71. The molecule has 0 aromatic carbocycles. The summed E-state index contributed by atoms with van der Waals surface area (Å²) in [5.74, 6) is 1.26. The minimum atomic E-state index is -1.02. The standard InChI is InChI=1S/C16H26FN3O/c1-3-16(17,4-2)12-20-7-5-14(6-8-20)11-21-15-9-18-13-19-10-15/h9-10,13-14H,3-8,11-12H2,1-2H3. The molecule has 1 aliphatic heterocycles. The van der Waals surface area contributed by atoms with Gasteiger partial charge in [0.1, 0.15) is 12.0 Å². The summed E-state index contributed by atoms with van der Waals surface area (Å²) in [5.41, 5.74) is -1.02. The molecule has 1 aromatic rings. The number of ether oxygens (including phenoxy) is 1. The predicted molar refractivity (Wildman–Crippen MR) is 81.1 cm³/mol. The molecule has 0 saturated carbocycles. The molecular weight excluding hydrogens is 269 g/mol. The summed E-state index contributed by atoms with van der Waals surface area (Å²) in [4.78, 5) is 10.1. The number of aromatic nitrogens is 2. The summed E-state index contributed by atoms with van der Waals surface area (Å²) in [6.07, 6.45) is 8.19. The van der Waals surface area contributed by atoms with Crippen LogP contribution in [0.4, 0.5) is 4.39 Å². The normalized spacial score (nSPS) is 17.9. The van der Waals surface area contributed by atoms with Crippen molar-refractivity contribution in [1.82, 2.24) is 14.9 Å². The van der Waals surface area contributed by atoms with E-state index in [0.29, 0.717) is 31.9 Å². The Morgan fingerprint density at radius 3 is 2.43 bits per heavy atom. The molecule has 0 bridgehead atoms. The van der Waals surface area contributed by atoms with Crippen molar-refractivity contribution < 1.29 is 9.13 Å². The number of nitrogens with zero attached hydrogens (tertiary/aromatic N) is 3. The van der Waals surface area contributed by atoms with Crippen molar-refractivity contribution in [3.8, 4) is 5.75 Å². The van der Waals surface area contributed by atoms with Crippen LogP contribution in [-0.2, 0) is 0 Å². The van der Waals surface area contributed by atoms with E-state index in [9.17, 15) is 4.39 Å². The smallest absolute Gasteiger partial charge is 0.155 e. The first-order valence-electron chi connectivity index (χ1n) is 7.94. The molecule has 1 saturated heterocycles. The van der Waals surface area contributed by atoms with E-state index in [1.54, 1.807) is 12.4 Å². The first kappa shape index (κ1) is 16.1. The van der Waals surface area contributed by atoms with Crippen LogP contribution in [0.3, 0.4) is 0 Å². The third-order valence-corrected chi connectivity index (χ3v) is 4.50.